The van der Waals surface area contributed by atoms with E-state index in [0.29, 0.717) is 39.9 Å². The molecule has 0 radical (unpaired) electrons. The summed E-state index contributed by atoms with van der Waals surface area (Å²) in [6.45, 7) is 2.42. The Morgan fingerprint density at radius 3 is 2.78 bits per heavy atom. The quantitative estimate of drug-likeness (QED) is 0.413. The van der Waals surface area contributed by atoms with Crippen LogP contribution in [0.25, 0.3) is 22.5 Å². The average molecular weight is 451 g/mol. The van der Waals surface area contributed by atoms with Crippen LogP contribution in [0.3, 0.4) is 0 Å². The number of hydrogen-bond acceptors (Lipinski definition) is 5. The van der Waals surface area contributed by atoms with Crippen LogP contribution in [0.5, 0.6) is 0 Å². The summed E-state index contributed by atoms with van der Waals surface area (Å²) in [7, 11) is 0. The summed E-state index contributed by atoms with van der Waals surface area (Å²) >= 11 is 6.07. The standard InChI is InChI=1S/C24H20ClFN4O2/c1-14-3-4-15(23-29-20-11-16(25)5-8-21(20)32-23)13-30(14)24(31)19-12-17(26)6-7-18(19)22-27-9-2-10-28-22/h2,5-12,14-15H,3-4,13H2,1H3/t14-,15-/m1/s1. The molecule has 0 N–H and O–H groups in total. The van der Waals surface area contributed by atoms with Crippen LogP contribution in [0.2, 0.25) is 5.02 Å². The molecule has 32 heavy (non-hydrogen) atoms. The molecule has 0 spiro atoms. The molecule has 2 aromatic heterocycles. The lowest BCUT2D eigenvalue weighted by Crippen LogP contribution is -2.45. The number of benzene rings is 2. The highest BCUT2D eigenvalue weighted by Crippen LogP contribution is 2.34. The maximum atomic E-state index is 14.1. The summed E-state index contributed by atoms with van der Waals surface area (Å²) in [5.41, 5.74) is 2.10. The zero-order valence-corrected chi connectivity index (χ0v) is 18.1. The van der Waals surface area contributed by atoms with Crippen molar-refractivity contribution in [3.63, 3.8) is 0 Å². The Morgan fingerprint density at radius 1 is 1.16 bits per heavy atom. The minimum atomic E-state index is -0.481. The summed E-state index contributed by atoms with van der Waals surface area (Å²) in [4.78, 5) is 28.4. The van der Waals surface area contributed by atoms with E-state index in [1.165, 1.54) is 12.1 Å². The van der Waals surface area contributed by atoms with Crippen LogP contribution in [0.15, 0.2) is 59.3 Å². The molecule has 1 amide bonds. The minimum absolute atomic E-state index is 0.00891. The van der Waals surface area contributed by atoms with Crippen molar-refractivity contribution in [3.05, 3.63) is 77.2 Å². The van der Waals surface area contributed by atoms with Gasteiger partial charge in [0, 0.05) is 35.6 Å². The molecular weight excluding hydrogens is 431 g/mol. The van der Waals surface area contributed by atoms with Gasteiger partial charge in [0.25, 0.3) is 5.91 Å². The molecule has 0 aliphatic carbocycles. The zero-order chi connectivity index (χ0) is 22.2. The van der Waals surface area contributed by atoms with Crippen molar-refractivity contribution >= 4 is 28.6 Å². The number of carbonyl (C=O) groups is 1. The third-order valence-corrected chi connectivity index (χ3v) is 6.11. The number of fused-ring (bicyclic) bond motifs is 1. The monoisotopic (exact) mass is 450 g/mol. The third kappa shape index (κ3) is 3.84. The first-order chi connectivity index (χ1) is 15.5. The summed E-state index contributed by atoms with van der Waals surface area (Å²) < 4.78 is 20.1. The molecule has 0 bridgehead atoms. The summed E-state index contributed by atoms with van der Waals surface area (Å²) in [5.74, 6) is 0.158. The van der Waals surface area contributed by atoms with Crippen LogP contribution in [-0.4, -0.2) is 38.3 Å². The predicted molar refractivity (Wildman–Crippen MR) is 119 cm³/mol. The molecule has 162 valence electrons. The van der Waals surface area contributed by atoms with Gasteiger partial charge in [-0.1, -0.05) is 11.6 Å². The first-order valence-corrected chi connectivity index (χ1v) is 10.8. The molecule has 2 atom stereocenters. The second-order valence-corrected chi connectivity index (χ2v) is 8.44. The van der Waals surface area contributed by atoms with Crippen molar-refractivity contribution in [3.8, 4) is 11.4 Å². The van der Waals surface area contributed by atoms with E-state index in [1.54, 1.807) is 47.6 Å². The van der Waals surface area contributed by atoms with Crippen LogP contribution in [0.1, 0.15) is 41.9 Å². The van der Waals surface area contributed by atoms with E-state index in [0.717, 1.165) is 12.8 Å². The van der Waals surface area contributed by atoms with Crippen molar-refractivity contribution < 1.29 is 13.6 Å². The van der Waals surface area contributed by atoms with Crippen molar-refractivity contribution in [2.45, 2.75) is 31.7 Å². The summed E-state index contributed by atoms with van der Waals surface area (Å²) in [6.07, 6.45) is 4.81. The Bertz CT molecular complexity index is 1290. The fourth-order valence-corrected chi connectivity index (χ4v) is 4.33. The SMILES string of the molecule is C[C@@H]1CC[C@@H](c2nc3cc(Cl)ccc3o2)CN1C(=O)c1cc(F)ccc1-c1ncccn1. The van der Waals surface area contributed by atoms with Gasteiger partial charge in [0.15, 0.2) is 17.3 Å². The number of amides is 1. The van der Waals surface area contributed by atoms with Gasteiger partial charge in [0.2, 0.25) is 0 Å². The maximum Gasteiger partial charge on any atom is 0.254 e. The van der Waals surface area contributed by atoms with Gasteiger partial charge >= 0.3 is 0 Å². The van der Waals surface area contributed by atoms with E-state index in [2.05, 4.69) is 15.0 Å². The molecule has 3 heterocycles. The third-order valence-electron chi connectivity index (χ3n) is 5.88. The predicted octanol–water partition coefficient (Wildman–Crippen LogP) is 5.49. The molecule has 1 saturated heterocycles. The Morgan fingerprint density at radius 2 is 1.97 bits per heavy atom. The van der Waals surface area contributed by atoms with Crippen LogP contribution < -0.4 is 0 Å². The number of likely N-dealkylation sites (tertiary alicyclic amines) is 1. The van der Waals surface area contributed by atoms with Crippen LogP contribution in [0, 0.1) is 5.82 Å². The van der Waals surface area contributed by atoms with E-state index in [-0.39, 0.29) is 23.4 Å². The van der Waals surface area contributed by atoms with E-state index >= 15 is 0 Å². The van der Waals surface area contributed by atoms with E-state index < -0.39 is 5.82 Å². The number of oxazole rings is 1. The number of aromatic nitrogens is 3. The van der Waals surface area contributed by atoms with Crippen LogP contribution in [-0.2, 0) is 0 Å². The van der Waals surface area contributed by atoms with Gasteiger partial charge in [-0.2, -0.15) is 0 Å². The summed E-state index contributed by atoms with van der Waals surface area (Å²) in [6, 6.07) is 11.1. The van der Waals surface area contributed by atoms with Gasteiger partial charge in [-0.25, -0.2) is 19.3 Å². The van der Waals surface area contributed by atoms with Gasteiger partial charge in [-0.15, -0.1) is 0 Å². The van der Waals surface area contributed by atoms with Crippen molar-refractivity contribution in [1.82, 2.24) is 19.9 Å². The fraction of sp³-hybridized carbons (Fsp3) is 0.250. The Kier molecular flexibility index (Phi) is 5.35. The van der Waals surface area contributed by atoms with Gasteiger partial charge in [0.05, 0.1) is 11.5 Å². The average Bonchev–Trinajstić information content (AvgIpc) is 3.22. The van der Waals surface area contributed by atoms with Gasteiger partial charge < -0.3 is 9.32 Å². The van der Waals surface area contributed by atoms with Crippen molar-refractivity contribution in [1.29, 1.82) is 0 Å². The minimum Gasteiger partial charge on any atom is -0.440 e. The molecule has 1 fully saturated rings. The number of rotatable bonds is 3. The van der Waals surface area contributed by atoms with Crippen molar-refractivity contribution in [2.24, 2.45) is 0 Å². The Balaban J connectivity index is 1.47. The van der Waals surface area contributed by atoms with Gasteiger partial charge in [-0.3, -0.25) is 4.79 Å². The van der Waals surface area contributed by atoms with Gasteiger partial charge in [0.1, 0.15) is 11.3 Å². The first-order valence-electron chi connectivity index (χ1n) is 10.4. The molecular formula is C24H20ClFN4O2. The molecule has 6 nitrogen and oxygen atoms in total. The number of piperidine rings is 1. The Hall–Kier alpha value is -3.32. The van der Waals surface area contributed by atoms with Crippen LogP contribution >= 0.6 is 11.6 Å². The van der Waals surface area contributed by atoms with E-state index in [9.17, 15) is 9.18 Å². The highest BCUT2D eigenvalue weighted by molar-refractivity contribution is 6.31. The van der Waals surface area contributed by atoms with E-state index in [4.69, 9.17) is 16.0 Å². The number of hydrogen-bond donors (Lipinski definition) is 0. The lowest BCUT2D eigenvalue weighted by Gasteiger charge is -2.37. The first kappa shape index (κ1) is 20.6. The lowest BCUT2D eigenvalue weighted by atomic mass is 9.92. The smallest absolute Gasteiger partial charge is 0.254 e. The highest BCUT2D eigenvalue weighted by Gasteiger charge is 2.34. The fourth-order valence-electron chi connectivity index (χ4n) is 4.17. The zero-order valence-electron chi connectivity index (χ0n) is 17.3. The topological polar surface area (TPSA) is 72.1 Å². The second-order valence-electron chi connectivity index (χ2n) is 8.01. The largest absolute Gasteiger partial charge is 0.440 e. The molecule has 2 aromatic carbocycles. The Labute approximate surface area is 189 Å². The van der Waals surface area contributed by atoms with Crippen molar-refractivity contribution in [2.75, 3.05) is 6.54 Å². The summed E-state index contributed by atoms with van der Waals surface area (Å²) in [5, 5.41) is 0.591. The van der Waals surface area contributed by atoms with E-state index in [1.807, 2.05) is 6.92 Å². The number of halogens is 2. The molecule has 4 aromatic rings. The van der Waals surface area contributed by atoms with Crippen LogP contribution in [0.4, 0.5) is 4.39 Å². The molecule has 0 saturated carbocycles. The number of carbonyl (C=O) groups excluding carboxylic acids is 1. The van der Waals surface area contributed by atoms with Gasteiger partial charge in [-0.05, 0) is 62.2 Å². The normalized spacial score (nSPS) is 18.8. The molecule has 0 unspecified atom stereocenters. The lowest BCUT2D eigenvalue weighted by molar-refractivity contribution is 0.0598. The molecule has 1 aliphatic heterocycles. The maximum absolute atomic E-state index is 14.1. The molecule has 8 heteroatoms. The second kappa shape index (κ2) is 8.31. The highest BCUT2D eigenvalue weighted by atomic mass is 35.5. The number of nitrogens with zero attached hydrogens (tertiary/aromatic N) is 4. The molecule has 1 aliphatic rings. The molecule has 5 rings (SSSR count).